The van der Waals surface area contributed by atoms with Crippen molar-refractivity contribution in [2.24, 2.45) is 5.92 Å². The summed E-state index contributed by atoms with van der Waals surface area (Å²) in [6, 6.07) is 1.86. The van der Waals surface area contributed by atoms with E-state index >= 15 is 0 Å². The molecular formula is C8H11NO3. The Balaban J connectivity index is 3.89. The molecule has 0 spiro atoms. The third kappa shape index (κ3) is 3.71. The first kappa shape index (κ1) is 10.6. The van der Waals surface area contributed by atoms with Gasteiger partial charge in [0, 0.05) is 6.42 Å². The standard InChI is InChI=1S/C8H11NO3/c1-3-12-8(11)7(10)4-6(2)5-9/h6H,3-4H2,1-2H3/t6-/m1/s1. The van der Waals surface area contributed by atoms with Gasteiger partial charge in [0.1, 0.15) is 0 Å². The van der Waals surface area contributed by atoms with E-state index in [0.717, 1.165) is 0 Å². The third-order valence-electron chi connectivity index (χ3n) is 1.22. The van der Waals surface area contributed by atoms with Crippen LogP contribution in [0.15, 0.2) is 0 Å². The van der Waals surface area contributed by atoms with Crippen molar-refractivity contribution in [3.63, 3.8) is 0 Å². The minimum atomic E-state index is -0.848. The van der Waals surface area contributed by atoms with Gasteiger partial charge in [-0.15, -0.1) is 0 Å². The van der Waals surface area contributed by atoms with E-state index in [9.17, 15) is 9.59 Å². The van der Waals surface area contributed by atoms with E-state index in [1.807, 2.05) is 6.07 Å². The van der Waals surface area contributed by atoms with Gasteiger partial charge in [-0.05, 0) is 13.8 Å². The van der Waals surface area contributed by atoms with E-state index in [1.165, 1.54) is 0 Å². The number of carbonyl (C=O) groups is 2. The summed E-state index contributed by atoms with van der Waals surface area (Å²) >= 11 is 0. The average Bonchev–Trinajstić information content (AvgIpc) is 2.04. The second kappa shape index (κ2) is 5.30. The molecule has 0 aromatic carbocycles. The zero-order valence-corrected chi connectivity index (χ0v) is 7.16. The maximum Gasteiger partial charge on any atom is 0.374 e. The molecule has 4 heteroatoms. The second-order valence-corrected chi connectivity index (χ2v) is 2.38. The molecule has 0 unspecified atom stereocenters. The predicted molar refractivity (Wildman–Crippen MR) is 41.0 cm³/mol. The van der Waals surface area contributed by atoms with E-state index in [0.29, 0.717) is 0 Å². The van der Waals surface area contributed by atoms with Crippen LogP contribution in [0.25, 0.3) is 0 Å². The molecule has 1 atom stereocenters. The first-order valence-electron chi connectivity index (χ1n) is 3.71. The van der Waals surface area contributed by atoms with Crippen LogP contribution in [0.5, 0.6) is 0 Å². The fourth-order valence-corrected chi connectivity index (χ4v) is 0.619. The Hall–Kier alpha value is -1.37. The molecule has 0 aliphatic carbocycles. The lowest BCUT2D eigenvalue weighted by Crippen LogP contribution is -2.19. The van der Waals surface area contributed by atoms with Crippen molar-refractivity contribution in [1.82, 2.24) is 0 Å². The Kier molecular flexibility index (Phi) is 4.70. The molecule has 0 aromatic rings. The van der Waals surface area contributed by atoms with Gasteiger partial charge in [0.15, 0.2) is 0 Å². The molecule has 0 aliphatic rings. The zero-order valence-electron chi connectivity index (χ0n) is 7.16. The molecule has 0 radical (unpaired) electrons. The summed E-state index contributed by atoms with van der Waals surface area (Å²) in [6.07, 6.45) is -0.0602. The maximum absolute atomic E-state index is 10.9. The molecule has 0 aromatic heterocycles. The van der Waals surface area contributed by atoms with E-state index in [-0.39, 0.29) is 13.0 Å². The lowest BCUT2D eigenvalue weighted by molar-refractivity contribution is -0.153. The number of ether oxygens (including phenoxy) is 1. The molecule has 12 heavy (non-hydrogen) atoms. The van der Waals surface area contributed by atoms with Crippen molar-refractivity contribution in [3.05, 3.63) is 0 Å². The molecule has 0 bridgehead atoms. The van der Waals surface area contributed by atoms with Crippen LogP contribution >= 0.6 is 0 Å². The normalized spacial score (nSPS) is 11.4. The smallest absolute Gasteiger partial charge is 0.374 e. The van der Waals surface area contributed by atoms with Crippen molar-refractivity contribution < 1.29 is 14.3 Å². The van der Waals surface area contributed by atoms with Gasteiger partial charge in [0.25, 0.3) is 0 Å². The van der Waals surface area contributed by atoms with Gasteiger partial charge in [0.05, 0.1) is 18.6 Å². The van der Waals surface area contributed by atoms with Crippen molar-refractivity contribution in [3.8, 4) is 6.07 Å². The number of rotatable bonds is 4. The van der Waals surface area contributed by atoms with Crippen molar-refractivity contribution in [2.75, 3.05) is 6.61 Å². The molecule has 0 saturated carbocycles. The van der Waals surface area contributed by atoms with Crippen LogP contribution in [0.3, 0.4) is 0 Å². The fourth-order valence-electron chi connectivity index (χ4n) is 0.619. The Bertz CT molecular complexity index is 217. The second-order valence-electron chi connectivity index (χ2n) is 2.38. The van der Waals surface area contributed by atoms with Crippen LogP contribution in [0.1, 0.15) is 20.3 Å². The minimum absolute atomic E-state index is 0.0602. The maximum atomic E-state index is 10.9. The topological polar surface area (TPSA) is 67.2 Å². The van der Waals surface area contributed by atoms with Crippen LogP contribution in [-0.2, 0) is 14.3 Å². The number of Topliss-reactive ketones (excluding diaryl/α,β-unsaturated/α-hetero) is 1. The van der Waals surface area contributed by atoms with Crippen molar-refractivity contribution in [2.45, 2.75) is 20.3 Å². The van der Waals surface area contributed by atoms with Crippen LogP contribution < -0.4 is 0 Å². The lowest BCUT2D eigenvalue weighted by atomic mass is 10.1. The highest BCUT2D eigenvalue weighted by Gasteiger charge is 2.17. The molecule has 0 aliphatic heterocycles. The summed E-state index contributed by atoms with van der Waals surface area (Å²) in [5.41, 5.74) is 0. The molecule has 0 N–H and O–H groups in total. The molecule has 0 fully saturated rings. The molecule has 4 nitrogen and oxygen atoms in total. The number of ketones is 1. The Labute approximate surface area is 71.1 Å². The summed E-state index contributed by atoms with van der Waals surface area (Å²) in [4.78, 5) is 21.6. The Morgan fingerprint density at radius 3 is 2.58 bits per heavy atom. The van der Waals surface area contributed by atoms with Gasteiger partial charge >= 0.3 is 5.97 Å². The molecule has 0 amide bonds. The van der Waals surface area contributed by atoms with E-state index in [1.54, 1.807) is 13.8 Å². The van der Waals surface area contributed by atoms with Gasteiger partial charge in [-0.25, -0.2) is 4.79 Å². The Morgan fingerprint density at radius 2 is 2.17 bits per heavy atom. The Morgan fingerprint density at radius 1 is 1.58 bits per heavy atom. The van der Waals surface area contributed by atoms with E-state index < -0.39 is 17.7 Å². The highest BCUT2D eigenvalue weighted by molar-refractivity contribution is 6.33. The number of nitrogens with zero attached hydrogens (tertiary/aromatic N) is 1. The minimum Gasteiger partial charge on any atom is -0.460 e. The molecule has 66 valence electrons. The SMILES string of the molecule is CCOC(=O)C(=O)C[C@@H](C)C#N. The summed E-state index contributed by atoms with van der Waals surface area (Å²) in [6.45, 7) is 3.39. The quantitative estimate of drug-likeness (QED) is 0.458. The first-order chi connectivity index (χ1) is 5.61. The van der Waals surface area contributed by atoms with Gasteiger partial charge in [0.2, 0.25) is 5.78 Å². The number of esters is 1. The van der Waals surface area contributed by atoms with E-state index in [4.69, 9.17) is 5.26 Å². The zero-order chi connectivity index (χ0) is 9.56. The molecule has 0 rings (SSSR count). The number of hydrogen-bond donors (Lipinski definition) is 0. The lowest BCUT2D eigenvalue weighted by Gasteiger charge is -2.00. The highest BCUT2D eigenvalue weighted by atomic mass is 16.5. The molecular weight excluding hydrogens is 158 g/mol. The molecule has 0 saturated heterocycles. The van der Waals surface area contributed by atoms with Gasteiger partial charge in [-0.1, -0.05) is 0 Å². The summed E-state index contributed by atoms with van der Waals surface area (Å²) in [7, 11) is 0. The highest BCUT2D eigenvalue weighted by Crippen LogP contribution is 2.01. The summed E-state index contributed by atoms with van der Waals surface area (Å²) in [5, 5.41) is 8.34. The van der Waals surface area contributed by atoms with Crippen molar-refractivity contribution in [1.29, 1.82) is 5.26 Å². The molecule has 0 heterocycles. The third-order valence-corrected chi connectivity index (χ3v) is 1.22. The average molecular weight is 169 g/mol. The van der Waals surface area contributed by atoms with Crippen LogP contribution in [0.2, 0.25) is 0 Å². The summed E-state index contributed by atoms with van der Waals surface area (Å²) in [5.74, 6) is -1.91. The van der Waals surface area contributed by atoms with Gasteiger partial charge < -0.3 is 4.74 Å². The summed E-state index contributed by atoms with van der Waals surface area (Å²) < 4.78 is 4.45. The largest absolute Gasteiger partial charge is 0.460 e. The van der Waals surface area contributed by atoms with Crippen LogP contribution in [-0.4, -0.2) is 18.4 Å². The van der Waals surface area contributed by atoms with Crippen LogP contribution in [0.4, 0.5) is 0 Å². The van der Waals surface area contributed by atoms with Gasteiger partial charge in [-0.3, -0.25) is 4.79 Å². The first-order valence-corrected chi connectivity index (χ1v) is 3.71. The number of nitriles is 1. The number of carbonyl (C=O) groups excluding carboxylic acids is 2. The van der Waals surface area contributed by atoms with E-state index in [2.05, 4.69) is 4.74 Å². The monoisotopic (exact) mass is 169 g/mol. The predicted octanol–water partition coefficient (Wildman–Crippen LogP) is 0.668. The van der Waals surface area contributed by atoms with Crippen LogP contribution in [0, 0.1) is 17.2 Å². The fraction of sp³-hybridized carbons (Fsp3) is 0.625. The number of hydrogen-bond acceptors (Lipinski definition) is 4. The van der Waals surface area contributed by atoms with Crippen molar-refractivity contribution >= 4 is 11.8 Å². The van der Waals surface area contributed by atoms with Gasteiger partial charge in [-0.2, -0.15) is 5.26 Å².